The van der Waals surface area contributed by atoms with Crippen molar-refractivity contribution in [2.75, 3.05) is 26.9 Å². The average Bonchev–Trinajstić information content (AvgIpc) is 3.12. The van der Waals surface area contributed by atoms with Crippen molar-refractivity contribution in [1.82, 2.24) is 10.8 Å². The Labute approximate surface area is 198 Å². The molecule has 0 spiro atoms. The molecule has 0 aromatic heterocycles. The Morgan fingerprint density at radius 1 is 1.03 bits per heavy atom. The Hall–Kier alpha value is -3.43. The highest BCUT2D eigenvalue weighted by Gasteiger charge is 2.30. The van der Waals surface area contributed by atoms with E-state index in [1.54, 1.807) is 13.8 Å². The average molecular weight is 471 g/mol. The number of hydrogen-bond acceptors (Lipinski definition) is 6. The number of carboxylic acids is 1. The Morgan fingerprint density at radius 3 is 2.18 bits per heavy atom. The first-order valence-corrected chi connectivity index (χ1v) is 11.0. The normalized spacial score (nSPS) is 13.5. The topological polar surface area (TPSA) is 123 Å². The molecule has 2 aromatic carbocycles. The summed E-state index contributed by atoms with van der Waals surface area (Å²) in [5.41, 5.74) is 6.06. The van der Waals surface area contributed by atoms with E-state index < -0.39 is 29.5 Å². The summed E-state index contributed by atoms with van der Waals surface area (Å²) in [6.45, 7) is 3.75. The molecule has 0 aliphatic heterocycles. The molecule has 0 saturated heterocycles. The molecule has 3 rings (SSSR count). The molecule has 2 aromatic rings. The van der Waals surface area contributed by atoms with Crippen LogP contribution in [0.3, 0.4) is 0 Å². The van der Waals surface area contributed by atoms with Crippen LogP contribution in [-0.4, -0.2) is 56.0 Å². The number of hydrogen-bond donors (Lipinski definition) is 3. The van der Waals surface area contributed by atoms with Crippen LogP contribution in [0, 0.1) is 5.41 Å². The summed E-state index contributed by atoms with van der Waals surface area (Å²) in [6.07, 6.45) is -1.88. The highest BCUT2D eigenvalue weighted by molar-refractivity contribution is 5.79. The van der Waals surface area contributed by atoms with E-state index >= 15 is 0 Å². The van der Waals surface area contributed by atoms with Crippen LogP contribution in [0.2, 0.25) is 0 Å². The molecule has 0 saturated carbocycles. The largest absolute Gasteiger partial charge is 0.479 e. The molecule has 1 unspecified atom stereocenters. The number of amides is 2. The summed E-state index contributed by atoms with van der Waals surface area (Å²) < 4.78 is 10.3. The minimum absolute atomic E-state index is 0.00399. The molecule has 2 amide bonds. The molecule has 34 heavy (non-hydrogen) atoms. The summed E-state index contributed by atoms with van der Waals surface area (Å²) in [5.74, 6) is -1.80. The first-order valence-electron chi connectivity index (χ1n) is 11.0. The lowest BCUT2D eigenvalue weighted by atomic mass is 9.89. The molecule has 0 bridgehead atoms. The van der Waals surface area contributed by atoms with E-state index in [1.165, 1.54) is 7.11 Å². The highest BCUT2D eigenvalue weighted by atomic mass is 16.7. The molecule has 0 fully saturated rings. The van der Waals surface area contributed by atoms with E-state index in [0.717, 1.165) is 22.3 Å². The lowest BCUT2D eigenvalue weighted by Crippen LogP contribution is -2.41. The van der Waals surface area contributed by atoms with Crippen LogP contribution < -0.4 is 10.8 Å². The second-order valence-electron chi connectivity index (χ2n) is 8.95. The minimum atomic E-state index is -1.31. The van der Waals surface area contributed by atoms with Crippen molar-refractivity contribution in [2.45, 2.75) is 32.3 Å². The van der Waals surface area contributed by atoms with Gasteiger partial charge in [-0.05, 0) is 27.7 Å². The SMILES string of the molecule is COCC(ONC(=O)CC(C)(C)CNC(=O)OCC1c2ccccc2-c2ccccc21)C(=O)O. The van der Waals surface area contributed by atoms with Gasteiger partial charge in [-0.3, -0.25) is 9.63 Å². The van der Waals surface area contributed by atoms with Crippen LogP contribution in [0.4, 0.5) is 4.79 Å². The quantitative estimate of drug-likeness (QED) is 0.431. The molecule has 1 aliphatic rings. The number of aliphatic carboxylic acids is 1. The van der Waals surface area contributed by atoms with Gasteiger partial charge in [-0.1, -0.05) is 62.4 Å². The van der Waals surface area contributed by atoms with Crippen molar-refractivity contribution in [3.8, 4) is 11.1 Å². The van der Waals surface area contributed by atoms with Crippen molar-refractivity contribution in [3.05, 3.63) is 59.7 Å². The third-order valence-electron chi connectivity index (χ3n) is 5.60. The summed E-state index contributed by atoms with van der Waals surface area (Å²) in [5, 5.41) is 11.7. The number of fused-ring (bicyclic) bond motifs is 3. The zero-order valence-electron chi connectivity index (χ0n) is 19.5. The zero-order chi connectivity index (χ0) is 24.7. The number of alkyl carbamates (subject to hydrolysis) is 1. The van der Waals surface area contributed by atoms with Gasteiger partial charge in [-0.2, -0.15) is 0 Å². The monoisotopic (exact) mass is 470 g/mol. The summed E-state index contributed by atoms with van der Waals surface area (Å²) in [6, 6.07) is 16.2. The lowest BCUT2D eigenvalue weighted by Gasteiger charge is -2.24. The van der Waals surface area contributed by atoms with E-state index in [-0.39, 0.29) is 32.1 Å². The predicted molar refractivity (Wildman–Crippen MR) is 124 cm³/mol. The van der Waals surface area contributed by atoms with E-state index in [1.807, 2.05) is 36.4 Å². The first kappa shape index (κ1) is 25.2. The number of ether oxygens (including phenoxy) is 2. The van der Waals surface area contributed by atoms with E-state index in [4.69, 9.17) is 19.4 Å². The van der Waals surface area contributed by atoms with Crippen LogP contribution in [0.25, 0.3) is 11.1 Å². The summed E-state index contributed by atoms with van der Waals surface area (Å²) >= 11 is 0. The van der Waals surface area contributed by atoms with Crippen LogP contribution in [-0.2, 0) is 23.9 Å². The van der Waals surface area contributed by atoms with Crippen molar-refractivity contribution in [3.63, 3.8) is 0 Å². The fourth-order valence-corrected chi connectivity index (χ4v) is 3.94. The third kappa shape index (κ3) is 6.33. The van der Waals surface area contributed by atoms with Gasteiger partial charge in [-0.15, -0.1) is 0 Å². The predicted octanol–water partition coefficient (Wildman–Crippen LogP) is 3.09. The highest BCUT2D eigenvalue weighted by Crippen LogP contribution is 2.44. The summed E-state index contributed by atoms with van der Waals surface area (Å²) in [4.78, 5) is 40.5. The van der Waals surface area contributed by atoms with Crippen molar-refractivity contribution < 1.29 is 33.8 Å². The van der Waals surface area contributed by atoms with E-state index in [2.05, 4.69) is 22.9 Å². The minimum Gasteiger partial charge on any atom is -0.479 e. The van der Waals surface area contributed by atoms with Gasteiger partial charge in [0.15, 0.2) is 0 Å². The Morgan fingerprint density at radius 2 is 1.62 bits per heavy atom. The van der Waals surface area contributed by atoms with Crippen molar-refractivity contribution in [2.24, 2.45) is 5.41 Å². The number of nitrogens with one attached hydrogen (secondary N) is 2. The van der Waals surface area contributed by atoms with Gasteiger partial charge in [0.2, 0.25) is 12.0 Å². The third-order valence-corrected chi connectivity index (χ3v) is 5.60. The van der Waals surface area contributed by atoms with Crippen LogP contribution in [0.1, 0.15) is 37.3 Å². The van der Waals surface area contributed by atoms with Gasteiger partial charge in [0.25, 0.3) is 0 Å². The molecule has 1 atom stereocenters. The molecular formula is C25H30N2O7. The molecule has 0 radical (unpaired) electrons. The van der Waals surface area contributed by atoms with Gasteiger partial charge in [0, 0.05) is 26.0 Å². The molecule has 182 valence electrons. The Bertz CT molecular complexity index is 992. The fourth-order valence-electron chi connectivity index (χ4n) is 3.94. The maximum atomic E-state index is 12.4. The number of carbonyl (C=O) groups is 3. The Kier molecular flexibility index (Phi) is 8.25. The summed E-state index contributed by atoms with van der Waals surface area (Å²) in [7, 11) is 1.33. The van der Waals surface area contributed by atoms with Crippen molar-refractivity contribution in [1.29, 1.82) is 0 Å². The molecule has 9 heteroatoms. The van der Waals surface area contributed by atoms with Crippen LogP contribution in [0.15, 0.2) is 48.5 Å². The van der Waals surface area contributed by atoms with Gasteiger partial charge >= 0.3 is 12.1 Å². The van der Waals surface area contributed by atoms with Crippen molar-refractivity contribution >= 4 is 18.0 Å². The number of methoxy groups -OCH3 is 1. The Balaban J connectivity index is 1.47. The van der Waals surface area contributed by atoms with Gasteiger partial charge in [-0.25, -0.2) is 15.1 Å². The smallest absolute Gasteiger partial charge is 0.407 e. The van der Waals surface area contributed by atoms with Gasteiger partial charge in [0.05, 0.1) is 6.61 Å². The second kappa shape index (κ2) is 11.1. The van der Waals surface area contributed by atoms with Gasteiger partial charge in [0.1, 0.15) is 6.61 Å². The standard InChI is InChI=1S/C25H30N2O7/c1-25(2,12-22(28)27-34-21(14-32-3)23(29)30)15-26-24(31)33-13-20-18-10-6-4-8-16(18)17-9-5-7-11-19(17)20/h4-11,20-21H,12-15H2,1-3H3,(H,26,31)(H,27,28)(H,29,30). The molecule has 9 nitrogen and oxygen atoms in total. The number of rotatable bonds is 11. The molecular weight excluding hydrogens is 440 g/mol. The number of benzene rings is 2. The molecule has 3 N–H and O–H groups in total. The fraction of sp³-hybridized carbons (Fsp3) is 0.400. The maximum absolute atomic E-state index is 12.4. The molecule has 0 heterocycles. The van der Waals surface area contributed by atoms with E-state index in [0.29, 0.717) is 0 Å². The van der Waals surface area contributed by atoms with Crippen LogP contribution >= 0.6 is 0 Å². The van der Waals surface area contributed by atoms with Gasteiger partial charge < -0.3 is 19.9 Å². The lowest BCUT2D eigenvalue weighted by molar-refractivity contribution is -0.165. The first-order chi connectivity index (χ1) is 16.2. The number of carboxylic acid groups (broad SMARTS) is 1. The maximum Gasteiger partial charge on any atom is 0.407 e. The number of hydroxylamine groups is 1. The number of carbonyl (C=O) groups excluding carboxylic acids is 2. The second-order valence-corrected chi connectivity index (χ2v) is 8.95. The molecule has 1 aliphatic carbocycles. The van der Waals surface area contributed by atoms with E-state index in [9.17, 15) is 14.4 Å². The van der Waals surface area contributed by atoms with Crippen LogP contribution in [0.5, 0.6) is 0 Å². The zero-order valence-corrected chi connectivity index (χ0v) is 19.5.